The number of anilines is 2. The van der Waals surface area contributed by atoms with Crippen LogP contribution in [0.5, 0.6) is 0 Å². The first-order chi connectivity index (χ1) is 20.8. The minimum Gasteiger partial charge on any atom is -0.338 e. The number of aromatic nitrogens is 2. The summed E-state index contributed by atoms with van der Waals surface area (Å²) in [7, 11) is 0. The van der Waals surface area contributed by atoms with Crippen LogP contribution in [0.2, 0.25) is 0 Å². The van der Waals surface area contributed by atoms with E-state index in [1.54, 1.807) is 22.7 Å². The van der Waals surface area contributed by atoms with Crippen LogP contribution < -0.4 is 9.80 Å². The Morgan fingerprint density at radius 2 is 0.977 bits per heavy atom. The topological polar surface area (TPSA) is 38.7 Å². The van der Waals surface area contributed by atoms with E-state index in [1.165, 1.54) is 53.4 Å². The molecule has 0 radical (unpaired) electrons. The molecule has 6 aromatic rings. The lowest BCUT2D eigenvalue weighted by molar-refractivity contribution is 0.176. The molecule has 8 rings (SSSR count). The Balaban J connectivity index is 1.08. The van der Waals surface area contributed by atoms with E-state index < -0.39 is 0 Å². The van der Waals surface area contributed by atoms with Crippen molar-refractivity contribution in [2.45, 2.75) is 53.9 Å². The number of benzene rings is 2. The normalized spacial score (nSPS) is 18.7. The van der Waals surface area contributed by atoms with Crippen molar-refractivity contribution in [2.75, 3.05) is 16.5 Å². The van der Waals surface area contributed by atoms with Gasteiger partial charge >= 0.3 is 0 Å². The van der Waals surface area contributed by atoms with Gasteiger partial charge in [0.1, 0.15) is 22.0 Å². The van der Waals surface area contributed by atoms with E-state index in [-0.39, 0.29) is 12.3 Å². The number of hydrogen-bond donors (Lipinski definition) is 0. The molecular weight excluding hydrogens is 569 g/mol. The zero-order valence-corrected chi connectivity index (χ0v) is 26.9. The second kappa shape index (κ2) is 9.69. The molecule has 0 saturated carbocycles. The van der Waals surface area contributed by atoms with Gasteiger partial charge in [-0.25, -0.2) is 9.97 Å². The van der Waals surface area contributed by atoms with Crippen molar-refractivity contribution in [3.05, 3.63) is 95.8 Å². The third kappa shape index (κ3) is 4.03. The average molecular weight is 603 g/mol. The van der Waals surface area contributed by atoms with Gasteiger partial charge in [0.25, 0.3) is 0 Å². The molecule has 0 aliphatic carbocycles. The maximum Gasteiger partial charge on any atom is 0.124 e. The lowest BCUT2D eigenvalue weighted by atomic mass is 10.1. The smallest absolute Gasteiger partial charge is 0.124 e. The van der Waals surface area contributed by atoms with Crippen molar-refractivity contribution in [1.29, 1.82) is 0 Å². The van der Waals surface area contributed by atoms with E-state index in [2.05, 4.69) is 134 Å². The van der Waals surface area contributed by atoms with Gasteiger partial charge in [-0.2, -0.15) is 0 Å². The van der Waals surface area contributed by atoms with Crippen molar-refractivity contribution >= 4 is 74.7 Å². The Bertz CT molecular complexity index is 1990. The lowest BCUT2D eigenvalue weighted by Crippen LogP contribution is -2.45. The number of thiophene rings is 2. The highest BCUT2D eigenvalue weighted by Gasteiger charge is 2.32. The first-order valence-electron chi connectivity index (χ1n) is 14.8. The number of fused-ring (bicyclic) bond motifs is 6. The molecule has 6 nitrogen and oxygen atoms in total. The van der Waals surface area contributed by atoms with E-state index in [0.29, 0.717) is 0 Å². The predicted octanol–water partition coefficient (Wildman–Crippen LogP) is 8.98. The fraction of sp³-hybridized carbons (Fsp3) is 0.257. The third-order valence-corrected chi connectivity index (χ3v) is 11.3. The fourth-order valence-corrected chi connectivity index (χ4v) is 9.26. The van der Waals surface area contributed by atoms with Gasteiger partial charge in [0.2, 0.25) is 0 Å². The van der Waals surface area contributed by atoms with Crippen LogP contribution in [0.1, 0.15) is 36.4 Å². The van der Waals surface area contributed by atoms with Gasteiger partial charge < -0.3 is 19.6 Å². The molecule has 0 saturated heterocycles. The monoisotopic (exact) mass is 602 g/mol. The number of pyridine rings is 2. The maximum atomic E-state index is 4.84. The van der Waals surface area contributed by atoms with Crippen LogP contribution >= 0.6 is 22.7 Å². The molecule has 2 aliphatic heterocycles. The largest absolute Gasteiger partial charge is 0.338 e. The molecule has 4 aromatic heterocycles. The molecule has 2 aliphatic rings. The van der Waals surface area contributed by atoms with E-state index in [1.807, 2.05) is 0 Å². The van der Waals surface area contributed by atoms with Crippen molar-refractivity contribution in [2.24, 2.45) is 0 Å². The van der Waals surface area contributed by atoms with Crippen molar-refractivity contribution < 1.29 is 0 Å². The Morgan fingerprint density at radius 1 is 0.558 bits per heavy atom. The first kappa shape index (κ1) is 26.5. The van der Waals surface area contributed by atoms with Crippen LogP contribution in [0.15, 0.2) is 73.3 Å². The summed E-state index contributed by atoms with van der Waals surface area (Å²) in [4.78, 5) is 21.6. The van der Waals surface area contributed by atoms with Gasteiger partial charge in [0.05, 0.1) is 27.4 Å². The molecular formula is C35H34N6S2. The average Bonchev–Trinajstić information content (AvgIpc) is 3.73. The molecule has 0 fully saturated rings. The predicted molar refractivity (Wildman–Crippen MR) is 184 cm³/mol. The molecule has 8 heteroatoms. The zero-order valence-electron chi connectivity index (χ0n) is 25.3. The Morgan fingerprint density at radius 3 is 1.42 bits per heavy atom. The van der Waals surface area contributed by atoms with E-state index in [0.717, 1.165) is 27.7 Å². The number of rotatable bonds is 4. The van der Waals surface area contributed by atoms with Gasteiger partial charge in [0, 0.05) is 57.7 Å². The van der Waals surface area contributed by atoms with Crippen molar-refractivity contribution in [3.8, 4) is 0 Å². The van der Waals surface area contributed by atoms with Gasteiger partial charge in [-0.3, -0.25) is 0 Å². The maximum absolute atomic E-state index is 4.84. The molecule has 2 aromatic carbocycles. The molecule has 2 atom stereocenters. The highest BCUT2D eigenvalue weighted by atomic mass is 32.1. The summed E-state index contributed by atoms with van der Waals surface area (Å²) in [5, 5.41) is 5.06. The summed E-state index contributed by atoms with van der Waals surface area (Å²) < 4.78 is 2.62. The Hall–Kier alpha value is -4.14. The second-order valence-electron chi connectivity index (χ2n) is 11.9. The summed E-state index contributed by atoms with van der Waals surface area (Å²) in [6.07, 6.45) is 9.34. The summed E-state index contributed by atoms with van der Waals surface area (Å²) in [6.45, 7) is 14.0. The highest BCUT2D eigenvalue weighted by molar-refractivity contribution is 7.26. The van der Waals surface area contributed by atoms with Gasteiger partial charge in [-0.05, 0) is 76.9 Å². The Kier molecular flexibility index (Phi) is 5.97. The van der Waals surface area contributed by atoms with Gasteiger partial charge in [-0.15, -0.1) is 22.7 Å². The van der Waals surface area contributed by atoms with Crippen LogP contribution in [-0.4, -0.2) is 38.8 Å². The molecule has 6 heterocycles. The van der Waals surface area contributed by atoms with Gasteiger partial charge in [-0.1, -0.05) is 24.3 Å². The summed E-state index contributed by atoms with van der Waals surface area (Å²) in [6, 6.07) is 17.7. The fourth-order valence-electron chi connectivity index (χ4n) is 6.61. The lowest BCUT2D eigenvalue weighted by Gasteiger charge is -2.37. The SMILES string of the molecule is Cc1ccc2c(n1)sc1c(N3C=CN(CN4C=CN(c5c(C)ccc6c5sc5nc(C)ccc56)[C@H]4C)[C@H]3C)c(C)ccc12. The molecule has 0 spiro atoms. The number of nitrogens with zero attached hydrogens (tertiary/aromatic N) is 6. The molecule has 0 amide bonds. The summed E-state index contributed by atoms with van der Waals surface area (Å²) >= 11 is 3.61. The van der Waals surface area contributed by atoms with Crippen LogP contribution in [0.3, 0.4) is 0 Å². The second-order valence-corrected chi connectivity index (χ2v) is 13.9. The molecule has 43 heavy (non-hydrogen) atoms. The minimum absolute atomic E-state index is 0.181. The molecule has 0 unspecified atom stereocenters. The molecule has 216 valence electrons. The quantitative estimate of drug-likeness (QED) is 0.201. The molecule has 0 N–H and O–H groups in total. The highest BCUT2D eigenvalue weighted by Crippen LogP contribution is 2.44. The number of hydrogen-bond acceptors (Lipinski definition) is 8. The van der Waals surface area contributed by atoms with Crippen LogP contribution in [-0.2, 0) is 0 Å². The van der Waals surface area contributed by atoms with Crippen molar-refractivity contribution in [1.82, 2.24) is 19.8 Å². The third-order valence-electron chi connectivity index (χ3n) is 9.09. The van der Waals surface area contributed by atoms with Gasteiger partial charge in [0.15, 0.2) is 0 Å². The summed E-state index contributed by atoms with van der Waals surface area (Å²) in [5.74, 6) is 0. The first-order valence-corrected chi connectivity index (χ1v) is 16.5. The standard InChI is InChI=1S/C35H34N6S2/c1-20-7-11-26-28-13-9-22(3)36-34(28)42-32(26)30(20)40-17-15-38(24(40)5)19-39-16-18-41(25(39)6)31-21(2)8-12-27-29-14-10-23(4)37-35(29)43-33(27)31/h7-18,24-25H,19H2,1-6H3/t24-,25+. The summed E-state index contributed by atoms with van der Waals surface area (Å²) in [5.41, 5.74) is 7.26. The van der Waals surface area contributed by atoms with E-state index in [9.17, 15) is 0 Å². The number of aryl methyl sites for hydroxylation is 4. The van der Waals surface area contributed by atoms with Crippen LogP contribution in [0.4, 0.5) is 11.4 Å². The minimum atomic E-state index is 0.181. The van der Waals surface area contributed by atoms with E-state index >= 15 is 0 Å². The molecule has 0 bridgehead atoms. The van der Waals surface area contributed by atoms with E-state index in [4.69, 9.17) is 9.97 Å². The van der Waals surface area contributed by atoms with Crippen LogP contribution in [0, 0.1) is 27.7 Å². The Labute approximate surface area is 259 Å². The van der Waals surface area contributed by atoms with Crippen LogP contribution in [0.25, 0.3) is 40.6 Å². The van der Waals surface area contributed by atoms with Crippen molar-refractivity contribution in [3.63, 3.8) is 0 Å². The zero-order chi connectivity index (χ0) is 29.6.